The number of nitrogens with one attached hydrogen (secondary N) is 1. The molecule has 1 fully saturated rings. The van der Waals surface area contributed by atoms with E-state index in [4.69, 9.17) is 9.15 Å². The molecular weight excluding hydrogens is 457 g/mol. The number of benzene rings is 1. The van der Waals surface area contributed by atoms with E-state index >= 15 is 0 Å². The van der Waals surface area contributed by atoms with Crippen LogP contribution in [0.2, 0.25) is 0 Å². The highest BCUT2D eigenvalue weighted by Gasteiger charge is 2.33. The van der Waals surface area contributed by atoms with E-state index in [1.165, 1.54) is 12.1 Å². The fraction of sp³-hybridized carbons (Fsp3) is 0.364. The molecule has 0 unspecified atom stereocenters. The molecule has 12 heteroatoms. The molecule has 1 aliphatic heterocycles. The number of nitrogens with zero attached hydrogens (tertiary/aromatic N) is 3. The summed E-state index contributed by atoms with van der Waals surface area (Å²) >= 11 is 0. The van der Waals surface area contributed by atoms with Crippen LogP contribution in [0.5, 0.6) is 0 Å². The molecule has 1 amide bonds. The third kappa shape index (κ3) is 4.81. The van der Waals surface area contributed by atoms with E-state index in [2.05, 4.69) is 15.3 Å². The number of carbonyl (C=O) groups is 2. The third-order valence-corrected chi connectivity index (χ3v) is 5.59. The van der Waals surface area contributed by atoms with Crippen LogP contribution < -0.4 is 10.2 Å². The van der Waals surface area contributed by atoms with Gasteiger partial charge in [-0.15, -0.1) is 0 Å². The fourth-order valence-electron chi connectivity index (χ4n) is 3.69. The smallest absolute Gasteiger partial charge is 0.433 e. The average Bonchev–Trinajstić information content (AvgIpc) is 3.25. The van der Waals surface area contributed by atoms with Crippen LogP contribution in [0.3, 0.4) is 0 Å². The van der Waals surface area contributed by atoms with Gasteiger partial charge in [-0.1, -0.05) is 6.07 Å². The Morgan fingerprint density at radius 1 is 1.24 bits per heavy atom. The van der Waals surface area contributed by atoms with Crippen LogP contribution in [0.1, 0.15) is 39.4 Å². The molecule has 0 radical (unpaired) electrons. The van der Waals surface area contributed by atoms with Crippen molar-refractivity contribution in [1.82, 2.24) is 9.97 Å². The minimum absolute atomic E-state index is 0.0229. The molecule has 0 spiro atoms. The molecule has 2 N–H and O–H groups in total. The number of rotatable bonds is 5. The van der Waals surface area contributed by atoms with Crippen LogP contribution in [0, 0.1) is 5.92 Å². The number of ether oxygens (including phenoxy) is 1. The summed E-state index contributed by atoms with van der Waals surface area (Å²) in [5.41, 5.74) is -1.15. The zero-order valence-corrected chi connectivity index (χ0v) is 18.1. The predicted octanol–water partition coefficient (Wildman–Crippen LogP) is 3.49. The number of piperidine rings is 1. The van der Waals surface area contributed by atoms with Crippen molar-refractivity contribution < 1.29 is 37.0 Å². The molecule has 1 aliphatic rings. The van der Waals surface area contributed by atoms with Crippen LogP contribution in [-0.2, 0) is 10.9 Å². The van der Waals surface area contributed by atoms with Gasteiger partial charge in [0, 0.05) is 25.8 Å². The van der Waals surface area contributed by atoms with Gasteiger partial charge < -0.3 is 24.5 Å². The molecule has 1 saturated heterocycles. The van der Waals surface area contributed by atoms with Crippen LogP contribution >= 0.6 is 0 Å². The summed E-state index contributed by atoms with van der Waals surface area (Å²) in [5.74, 6) is -1.50. The molecule has 34 heavy (non-hydrogen) atoms. The van der Waals surface area contributed by atoms with Gasteiger partial charge in [0.15, 0.2) is 5.58 Å². The summed E-state index contributed by atoms with van der Waals surface area (Å²) in [7, 11) is 1.16. The molecule has 180 valence electrons. The summed E-state index contributed by atoms with van der Waals surface area (Å²) in [6, 6.07) is 6.02. The molecule has 1 aromatic carbocycles. The van der Waals surface area contributed by atoms with Crippen LogP contribution in [0.15, 0.2) is 34.7 Å². The van der Waals surface area contributed by atoms with Crippen LogP contribution in [-0.4, -0.2) is 53.8 Å². The number of fused-ring (bicyclic) bond motifs is 1. The number of amides is 1. The second kappa shape index (κ2) is 9.29. The summed E-state index contributed by atoms with van der Waals surface area (Å²) in [6.45, 7) is 1.38. The lowest BCUT2D eigenvalue weighted by Crippen LogP contribution is -2.34. The van der Waals surface area contributed by atoms with Crippen molar-refractivity contribution in [2.45, 2.75) is 19.0 Å². The first-order valence-electron chi connectivity index (χ1n) is 10.4. The highest BCUT2D eigenvalue weighted by Crippen LogP contribution is 2.31. The number of esters is 1. The topological polar surface area (TPSA) is 118 Å². The van der Waals surface area contributed by atoms with Crippen molar-refractivity contribution in [3.63, 3.8) is 0 Å². The van der Waals surface area contributed by atoms with Gasteiger partial charge in [0.05, 0.1) is 18.4 Å². The number of hydrogen-bond acceptors (Lipinski definition) is 8. The van der Waals surface area contributed by atoms with Gasteiger partial charge >= 0.3 is 12.1 Å². The maximum Gasteiger partial charge on any atom is 0.433 e. The molecule has 4 rings (SSSR count). The predicted molar refractivity (Wildman–Crippen MR) is 115 cm³/mol. The minimum atomic E-state index is -4.71. The molecule has 2 aromatic heterocycles. The van der Waals surface area contributed by atoms with Crippen LogP contribution in [0.25, 0.3) is 11.1 Å². The largest absolute Gasteiger partial charge is 0.465 e. The second-order valence-electron chi connectivity index (χ2n) is 7.83. The molecule has 0 atom stereocenters. The van der Waals surface area contributed by atoms with E-state index < -0.39 is 29.4 Å². The van der Waals surface area contributed by atoms with Crippen molar-refractivity contribution >= 4 is 34.7 Å². The van der Waals surface area contributed by atoms with Gasteiger partial charge in [-0.2, -0.15) is 18.2 Å². The number of aromatic nitrogens is 2. The molecule has 3 aromatic rings. The Hall–Kier alpha value is -3.67. The summed E-state index contributed by atoms with van der Waals surface area (Å²) in [4.78, 5) is 34.7. The lowest BCUT2D eigenvalue weighted by Gasteiger charge is -2.29. The van der Waals surface area contributed by atoms with Crippen molar-refractivity contribution in [1.29, 1.82) is 0 Å². The number of methoxy groups -OCH3 is 1. The monoisotopic (exact) mass is 478 g/mol. The first-order chi connectivity index (χ1) is 16.2. The van der Waals surface area contributed by atoms with Crippen molar-refractivity contribution in [3.05, 3.63) is 47.3 Å². The minimum Gasteiger partial charge on any atom is -0.465 e. The number of alkyl halides is 3. The van der Waals surface area contributed by atoms with E-state index in [0.717, 1.165) is 38.2 Å². The van der Waals surface area contributed by atoms with E-state index in [-0.39, 0.29) is 29.4 Å². The van der Waals surface area contributed by atoms with Gasteiger partial charge in [-0.25, -0.2) is 9.78 Å². The number of oxazole rings is 1. The van der Waals surface area contributed by atoms with E-state index in [1.54, 1.807) is 0 Å². The second-order valence-corrected chi connectivity index (χ2v) is 7.83. The number of pyridine rings is 1. The number of halogens is 3. The Kier molecular flexibility index (Phi) is 6.42. The SMILES string of the molecule is COC(=O)c1cc2nc(N3CCC(CO)CC3)oc2cc1NC(=O)c1cccc(C(F)(F)F)n1. The zero-order chi connectivity index (χ0) is 24.5. The highest BCUT2D eigenvalue weighted by molar-refractivity contribution is 6.09. The number of aliphatic hydroxyl groups is 1. The first kappa shape index (κ1) is 23.5. The maximum atomic E-state index is 13.0. The highest BCUT2D eigenvalue weighted by atomic mass is 19.4. The average molecular weight is 478 g/mol. The molecular formula is C22H21F3N4O5. The van der Waals surface area contributed by atoms with Gasteiger partial charge in [-0.05, 0) is 37.0 Å². The van der Waals surface area contributed by atoms with Crippen molar-refractivity contribution in [2.24, 2.45) is 5.92 Å². The molecule has 9 nitrogen and oxygen atoms in total. The van der Waals surface area contributed by atoms with E-state index in [0.29, 0.717) is 24.6 Å². The Labute approximate surface area is 191 Å². The van der Waals surface area contributed by atoms with Gasteiger partial charge in [0.2, 0.25) is 0 Å². The van der Waals surface area contributed by atoms with Crippen molar-refractivity contribution in [2.75, 3.05) is 37.0 Å². The van der Waals surface area contributed by atoms with Crippen molar-refractivity contribution in [3.8, 4) is 0 Å². The lowest BCUT2D eigenvalue weighted by atomic mass is 9.98. The fourth-order valence-corrected chi connectivity index (χ4v) is 3.69. The summed E-state index contributed by atoms with van der Waals surface area (Å²) in [6.07, 6.45) is -3.17. The van der Waals surface area contributed by atoms with Crippen LogP contribution in [0.4, 0.5) is 24.9 Å². The Bertz CT molecular complexity index is 1220. The third-order valence-electron chi connectivity index (χ3n) is 5.59. The quantitative estimate of drug-likeness (QED) is 0.535. The van der Waals surface area contributed by atoms with Gasteiger partial charge in [0.25, 0.3) is 11.9 Å². The summed E-state index contributed by atoms with van der Waals surface area (Å²) < 4.78 is 49.5. The van der Waals surface area contributed by atoms with E-state index in [9.17, 15) is 27.9 Å². The lowest BCUT2D eigenvalue weighted by molar-refractivity contribution is -0.141. The molecule has 0 bridgehead atoms. The van der Waals surface area contributed by atoms with Gasteiger partial charge in [-0.3, -0.25) is 4.79 Å². The zero-order valence-electron chi connectivity index (χ0n) is 18.1. The number of hydrogen-bond donors (Lipinski definition) is 2. The number of aliphatic hydroxyl groups excluding tert-OH is 1. The van der Waals surface area contributed by atoms with Gasteiger partial charge in [0.1, 0.15) is 16.9 Å². The first-order valence-corrected chi connectivity index (χ1v) is 10.4. The molecule has 0 aliphatic carbocycles. The standard InChI is InChI=1S/C22H21F3N4O5/c1-33-20(32)13-9-16-17(34-21(28-16)29-7-5-12(11-30)6-8-29)10-15(13)27-19(31)14-3-2-4-18(26-14)22(23,24)25/h2-4,9-10,12,30H,5-8,11H2,1H3,(H,27,31). The Morgan fingerprint density at radius 2 is 1.97 bits per heavy atom. The Morgan fingerprint density at radius 3 is 2.62 bits per heavy atom. The molecule has 0 saturated carbocycles. The Balaban J connectivity index is 1.65. The number of carbonyl (C=O) groups excluding carboxylic acids is 2. The number of anilines is 2. The maximum absolute atomic E-state index is 13.0. The van der Waals surface area contributed by atoms with E-state index in [1.807, 2.05) is 4.90 Å². The normalized spacial score (nSPS) is 14.9. The molecule has 3 heterocycles. The summed E-state index contributed by atoms with van der Waals surface area (Å²) in [5, 5.41) is 11.7.